The van der Waals surface area contributed by atoms with Crippen molar-refractivity contribution in [2.75, 3.05) is 6.54 Å². The number of hydrogen-bond donors (Lipinski definition) is 3. The van der Waals surface area contributed by atoms with E-state index >= 15 is 0 Å². The maximum atomic E-state index is 11.7. The van der Waals surface area contributed by atoms with Crippen molar-refractivity contribution in [2.24, 2.45) is 5.73 Å². The van der Waals surface area contributed by atoms with E-state index < -0.39 is 26.8 Å². The summed E-state index contributed by atoms with van der Waals surface area (Å²) in [6.45, 7) is 4.45. The monoisotopic (exact) mass is 300 g/mol. The van der Waals surface area contributed by atoms with Gasteiger partial charge in [-0.15, -0.1) is 0 Å². The summed E-state index contributed by atoms with van der Waals surface area (Å²) >= 11 is 0. The standard InChI is InChI=1S/C13H20N2O4S/c1-9(2)20(18,19)15-8-13(3,17)11-6-4-10(5-7-11)12(14)16/h4-7,9,15,17H,8H2,1-3H3,(H2,14,16). The van der Waals surface area contributed by atoms with E-state index in [2.05, 4.69) is 4.72 Å². The summed E-state index contributed by atoms with van der Waals surface area (Å²) in [5.74, 6) is -0.559. The second-order valence-corrected chi connectivity index (χ2v) is 7.45. The smallest absolute Gasteiger partial charge is 0.248 e. The van der Waals surface area contributed by atoms with Gasteiger partial charge in [-0.3, -0.25) is 4.79 Å². The van der Waals surface area contributed by atoms with Gasteiger partial charge < -0.3 is 10.8 Å². The molecule has 0 aliphatic heterocycles. The first-order chi connectivity index (χ1) is 9.06. The van der Waals surface area contributed by atoms with Crippen molar-refractivity contribution in [3.05, 3.63) is 35.4 Å². The molecule has 0 fully saturated rings. The van der Waals surface area contributed by atoms with Crippen molar-refractivity contribution in [3.8, 4) is 0 Å². The molecule has 4 N–H and O–H groups in total. The zero-order valence-corrected chi connectivity index (χ0v) is 12.6. The lowest BCUT2D eigenvalue weighted by atomic mass is 9.95. The summed E-state index contributed by atoms with van der Waals surface area (Å²) in [7, 11) is -3.45. The van der Waals surface area contributed by atoms with Gasteiger partial charge in [0.25, 0.3) is 0 Å². The van der Waals surface area contributed by atoms with Crippen LogP contribution in [0, 0.1) is 0 Å². The number of rotatable bonds is 6. The van der Waals surface area contributed by atoms with Crippen LogP contribution in [-0.4, -0.2) is 31.2 Å². The molecular weight excluding hydrogens is 280 g/mol. The van der Waals surface area contributed by atoms with Gasteiger partial charge in [0.05, 0.1) is 5.25 Å². The quantitative estimate of drug-likeness (QED) is 0.702. The number of primary amides is 1. The number of aliphatic hydroxyl groups is 1. The third-order valence-electron chi connectivity index (χ3n) is 3.03. The van der Waals surface area contributed by atoms with Crippen LogP contribution in [0.25, 0.3) is 0 Å². The van der Waals surface area contributed by atoms with Crippen LogP contribution in [0.5, 0.6) is 0 Å². The minimum Gasteiger partial charge on any atom is -0.384 e. The third kappa shape index (κ3) is 4.03. The van der Waals surface area contributed by atoms with Crippen LogP contribution in [-0.2, 0) is 15.6 Å². The maximum Gasteiger partial charge on any atom is 0.248 e. The van der Waals surface area contributed by atoms with E-state index in [-0.39, 0.29) is 6.54 Å². The molecule has 0 aliphatic carbocycles. The van der Waals surface area contributed by atoms with E-state index in [1.165, 1.54) is 19.1 Å². The molecule has 0 radical (unpaired) electrons. The van der Waals surface area contributed by atoms with Crippen LogP contribution in [0.3, 0.4) is 0 Å². The fraction of sp³-hybridized carbons (Fsp3) is 0.462. The number of nitrogens with two attached hydrogens (primary N) is 1. The molecule has 0 spiro atoms. The molecule has 0 bridgehead atoms. The molecule has 0 aromatic heterocycles. The lowest BCUT2D eigenvalue weighted by molar-refractivity contribution is 0.0626. The molecular formula is C13H20N2O4S. The van der Waals surface area contributed by atoms with Crippen LogP contribution < -0.4 is 10.5 Å². The van der Waals surface area contributed by atoms with Crippen molar-refractivity contribution in [1.82, 2.24) is 4.72 Å². The van der Waals surface area contributed by atoms with Crippen LogP contribution in [0.2, 0.25) is 0 Å². The lowest BCUT2D eigenvalue weighted by Gasteiger charge is -2.25. The normalized spacial score (nSPS) is 15.1. The Balaban J connectivity index is 2.86. The summed E-state index contributed by atoms with van der Waals surface area (Å²) < 4.78 is 25.7. The molecule has 1 aromatic carbocycles. The van der Waals surface area contributed by atoms with E-state index in [4.69, 9.17) is 5.73 Å². The van der Waals surface area contributed by atoms with Crippen LogP contribution >= 0.6 is 0 Å². The minimum atomic E-state index is -3.45. The van der Waals surface area contributed by atoms with Gasteiger partial charge in [0, 0.05) is 12.1 Å². The number of nitrogens with one attached hydrogen (secondary N) is 1. The SMILES string of the molecule is CC(C)S(=O)(=O)NCC(C)(O)c1ccc(C(N)=O)cc1. The number of sulfonamides is 1. The lowest BCUT2D eigenvalue weighted by Crippen LogP contribution is -2.41. The van der Waals surface area contributed by atoms with Gasteiger partial charge in [0.15, 0.2) is 0 Å². The van der Waals surface area contributed by atoms with Gasteiger partial charge in [-0.1, -0.05) is 12.1 Å². The third-order valence-corrected chi connectivity index (χ3v) is 4.82. The molecule has 0 aliphatic rings. The molecule has 7 heteroatoms. The summed E-state index contributed by atoms with van der Waals surface area (Å²) in [6.07, 6.45) is 0. The van der Waals surface area contributed by atoms with Crippen molar-refractivity contribution >= 4 is 15.9 Å². The summed E-state index contributed by atoms with van der Waals surface area (Å²) in [5, 5.41) is 9.74. The number of carbonyl (C=O) groups excluding carboxylic acids is 1. The Kier molecular flexibility index (Phi) is 4.90. The van der Waals surface area contributed by atoms with Crippen LogP contribution in [0.15, 0.2) is 24.3 Å². The topological polar surface area (TPSA) is 109 Å². The largest absolute Gasteiger partial charge is 0.384 e. The molecule has 0 heterocycles. The molecule has 0 saturated heterocycles. The highest BCUT2D eigenvalue weighted by molar-refractivity contribution is 7.90. The van der Waals surface area contributed by atoms with E-state index in [0.29, 0.717) is 11.1 Å². The van der Waals surface area contributed by atoms with E-state index in [1.54, 1.807) is 26.0 Å². The van der Waals surface area contributed by atoms with Gasteiger partial charge in [0.2, 0.25) is 15.9 Å². The van der Waals surface area contributed by atoms with Gasteiger partial charge in [-0.2, -0.15) is 0 Å². The fourth-order valence-electron chi connectivity index (χ4n) is 1.50. The molecule has 112 valence electrons. The molecule has 1 amide bonds. The average molecular weight is 300 g/mol. The molecule has 1 unspecified atom stereocenters. The van der Waals surface area contributed by atoms with Gasteiger partial charge in [-0.25, -0.2) is 13.1 Å². The summed E-state index contributed by atoms with van der Waals surface area (Å²) in [5.41, 5.74) is 4.57. The van der Waals surface area contributed by atoms with Gasteiger partial charge >= 0.3 is 0 Å². The minimum absolute atomic E-state index is 0.149. The predicted octanol–water partition coefficient (Wildman–Crippen LogP) is 0.321. The van der Waals surface area contributed by atoms with Gasteiger partial charge in [0.1, 0.15) is 5.60 Å². The van der Waals surface area contributed by atoms with Crippen molar-refractivity contribution in [3.63, 3.8) is 0 Å². The predicted molar refractivity (Wildman–Crippen MR) is 76.6 cm³/mol. The number of hydrogen-bond acceptors (Lipinski definition) is 4. The molecule has 6 nitrogen and oxygen atoms in total. The van der Waals surface area contributed by atoms with Crippen LogP contribution in [0.4, 0.5) is 0 Å². The van der Waals surface area contributed by atoms with E-state index in [1.807, 2.05) is 0 Å². The highest BCUT2D eigenvalue weighted by Gasteiger charge is 2.26. The second-order valence-electron chi connectivity index (χ2n) is 5.13. The molecule has 1 aromatic rings. The molecule has 20 heavy (non-hydrogen) atoms. The Morgan fingerprint density at radius 3 is 2.25 bits per heavy atom. The first-order valence-electron chi connectivity index (χ1n) is 6.17. The molecule has 1 rings (SSSR count). The van der Waals surface area contributed by atoms with Crippen molar-refractivity contribution < 1.29 is 18.3 Å². The number of carbonyl (C=O) groups is 1. The Hall–Kier alpha value is -1.44. The average Bonchev–Trinajstić information content (AvgIpc) is 2.36. The van der Waals surface area contributed by atoms with E-state index in [0.717, 1.165) is 0 Å². The van der Waals surface area contributed by atoms with Crippen molar-refractivity contribution in [2.45, 2.75) is 31.6 Å². The second kappa shape index (κ2) is 5.90. The molecule has 0 saturated carbocycles. The first kappa shape index (κ1) is 16.6. The molecule has 1 atom stereocenters. The Morgan fingerprint density at radius 1 is 1.35 bits per heavy atom. The zero-order chi connectivity index (χ0) is 15.6. The highest BCUT2D eigenvalue weighted by Crippen LogP contribution is 2.20. The Labute approximate surface area is 119 Å². The first-order valence-corrected chi connectivity index (χ1v) is 7.72. The Morgan fingerprint density at radius 2 is 1.85 bits per heavy atom. The van der Waals surface area contributed by atoms with Crippen LogP contribution in [0.1, 0.15) is 36.7 Å². The highest BCUT2D eigenvalue weighted by atomic mass is 32.2. The maximum absolute atomic E-state index is 11.7. The summed E-state index contributed by atoms with van der Waals surface area (Å²) in [6, 6.07) is 6.07. The number of benzene rings is 1. The zero-order valence-electron chi connectivity index (χ0n) is 11.8. The Bertz CT molecular complexity index is 577. The number of amides is 1. The van der Waals surface area contributed by atoms with Crippen molar-refractivity contribution in [1.29, 1.82) is 0 Å². The van der Waals surface area contributed by atoms with Gasteiger partial charge in [-0.05, 0) is 38.5 Å². The fourth-order valence-corrected chi connectivity index (χ4v) is 2.32. The summed E-state index contributed by atoms with van der Waals surface area (Å²) in [4.78, 5) is 11.0. The van der Waals surface area contributed by atoms with E-state index in [9.17, 15) is 18.3 Å².